The molecule has 2 rings (SSSR count). The van der Waals surface area contributed by atoms with E-state index >= 15 is 0 Å². The van der Waals surface area contributed by atoms with Crippen molar-refractivity contribution in [2.45, 2.75) is 20.3 Å². The molecule has 0 aromatic carbocycles. The van der Waals surface area contributed by atoms with Crippen molar-refractivity contribution in [1.82, 2.24) is 0 Å². The molecule has 0 N–H and O–H groups in total. The van der Waals surface area contributed by atoms with Crippen LogP contribution in [0.2, 0.25) is 0 Å². The second kappa shape index (κ2) is 3.96. The van der Waals surface area contributed by atoms with Gasteiger partial charge in [-0.25, -0.2) is 18.1 Å². The van der Waals surface area contributed by atoms with Crippen molar-refractivity contribution in [3.63, 3.8) is 0 Å². The van der Waals surface area contributed by atoms with Gasteiger partial charge in [0, 0.05) is 26.2 Å². The van der Waals surface area contributed by atoms with Crippen molar-refractivity contribution in [3.05, 3.63) is 30.2 Å². The zero-order chi connectivity index (χ0) is 7.84. The summed E-state index contributed by atoms with van der Waals surface area (Å²) in [5.41, 5.74) is 1.58. The Morgan fingerprint density at radius 1 is 1.42 bits per heavy atom. The van der Waals surface area contributed by atoms with E-state index in [1.807, 2.05) is 0 Å². The molecule has 64 valence electrons. The van der Waals surface area contributed by atoms with Gasteiger partial charge >= 0.3 is 0 Å². The molecule has 2 aliphatic rings. The Morgan fingerprint density at radius 3 is 2.83 bits per heavy atom. The Kier molecular flexibility index (Phi) is 3.40. The molecule has 3 atom stereocenters. The van der Waals surface area contributed by atoms with Gasteiger partial charge in [0.1, 0.15) is 0 Å². The Balaban J connectivity index is 0.000000720. The maximum Gasteiger partial charge on any atom is 0 e. The van der Waals surface area contributed by atoms with Crippen LogP contribution in [0.3, 0.4) is 0 Å². The summed E-state index contributed by atoms with van der Waals surface area (Å²) in [5, 5.41) is 0. The van der Waals surface area contributed by atoms with E-state index in [0.29, 0.717) is 0 Å². The third kappa shape index (κ3) is 1.76. The first kappa shape index (κ1) is 10.3. The molecule has 12 heavy (non-hydrogen) atoms. The Morgan fingerprint density at radius 2 is 2.17 bits per heavy atom. The van der Waals surface area contributed by atoms with E-state index in [0.717, 1.165) is 17.8 Å². The zero-order valence-electron chi connectivity index (χ0n) is 7.75. The van der Waals surface area contributed by atoms with Crippen molar-refractivity contribution >= 4 is 0 Å². The van der Waals surface area contributed by atoms with Gasteiger partial charge in [0.15, 0.2) is 0 Å². The molecule has 0 amide bonds. The van der Waals surface area contributed by atoms with Gasteiger partial charge in [-0.05, 0) is 11.8 Å². The van der Waals surface area contributed by atoms with Gasteiger partial charge in [-0.1, -0.05) is 32.3 Å². The predicted octanol–water partition coefficient (Wildman–Crippen LogP) is 2.98. The maximum absolute atomic E-state index is 2.42. The van der Waals surface area contributed by atoms with Crippen LogP contribution in [0.15, 0.2) is 23.8 Å². The molecular weight excluding hydrogens is 223 g/mol. The molecule has 0 radical (unpaired) electrons. The summed E-state index contributed by atoms with van der Waals surface area (Å²) >= 11 is 0. The van der Waals surface area contributed by atoms with Crippen LogP contribution in [0, 0.1) is 24.2 Å². The fourth-order valence-electron chi connectivity index (χ4n) is 2.23. The maximum atomic E-state index is 2.42. The van der Waals surface area contributed by atoms with Gasteiger partial charge in [-0.3, -0.25) is 0 Å². The monoisotopic (exact) mass is 237 g/mol. The predicted molar refractivity (Wildman–Crippen MR) is 48.0 cm³/mol. The summed E-state index contributed by atoms with van der Waals surface area (Å²) in [4.78, 5) is 0. The van der Waals surface area contributed by atoms with Crippen molar-refractivity contribution in [2.75, 3.05) is 0 Å². The molecule has 0 aliphatic heterocycles. The van der Waals surface area contributed by atoms with Crippen LogP contribution < -0.4 is 0 Å². The molecule has 0 bridgehead atoms. The van der Waals surface area contributed by atoms with Crippen LogP contribution in [0.5, 0.6) is 0 Å². The average molecular weight is 238 g/mol. The summed E-state index contributed by atoms with van der Waals surface area (Å²) in [7, 11) is 0. The van der Waals surface area contributed by atoms with Crippen molar-refractivity contribution in [1.29, 1.82) is 0 Å². The number of fused-ring (bicyclic) bond motifs is 1. The first-order valence-electron chi connectivity index (χ1n) is 4.50. The van der Waals surface area contributed by atoms with Crippen LogP contribution in [-0.2, 0) is 26.2 Å². The van der Waals surface area contributed by atoms with Crippen LogP contribution in [0.1, 0.15) is 20.3 Å². The van der Waals surface area contributed by atoms with E-state index < -0.39 is 0 Å². The molecule has 1 fully saturated rings. The van der Waals surface area contributed by atoms with Crippen LogP contribution in [0.25, 0.3) is 0 Å². The number of allylic oxidation sites excluding steroid dienone is 4. The molecule has 2 aliphatic carbocycles. The van der Waals surface area contributed by atoms with Crippen LogP contribution in [0.4, 0.5) is 0 Å². The smallest absolute Gasteiger partial charge is 0 e. The molecule has 0 aromatic rings. The topological polar surface area (TPSA) is 0 Å². The Labute approximate surface area is 94.2 Å². The first-order chi connectivity index (χ1) is 5.27. The third-order valence-electron chi connectivity index (χ3n) is 2.87. The van der Waals surface area contributed by atoms with E-state index in [9.17, 15) is 0 Å². The van der Waals surface area contributed by atoms with E-state index in [4.69, 9.17) is 0 Å². The van der Waals surface area contributed by atoms with Crippen molar-refractivity contribution < 1.29 is 26.2 Å². The summed E-state index contributed by atoms with van der Waals surface area (Å²) in [6, 6.07) is 0. The van der Waals surface area contributed by atoms with E-state index in [-0.39, 0.29) is 26.2 Å². The van der Waals surface area contributed by atoms with Gasteiger partial charge in [0.25, 0.3) is 0 Å². The Bertz CT molecular complexity index is 215. The SMILES string of the molecule is CC1[CH-]C2=CC=CC(C)C2C1.[Zr]. The van der Waals surface area contributed by atoms with Gasteiger partial charge < -0.3 is 0 Å². The fraction of sp³-hybridized carbons (Fsp3) is 0.545. The largest absolute Gasteiger partial charge is 0.224 e. The van der Waals surface area contributed by atoms with Crippen LogP contribution >= 0.6 is 0 Å². The number of hydrogen-bond donors (Lipinski definition) is 0. The molecule has 1 saturated carbocycles. The molecule has 1 heteroatoms. The zero-order valence-corrected chi connectivity index (χ0v) is 10.2. The van der Waals surface area contributed by atoms with Gasteiger partial charge in [0.2, 0.25) is 0 Å². The summed E-state index contributed by atoms with van der Waals surface area (Å²) in [5.74, 6) is 2.39. The molecule has 3 unspecified atom stereocenters. The molecule has 0 aromatic heterocycles. The van der Waals surface area contributed by atoms with Crippen LogP contribution in [-0.4, -0.2) is 0 Å². The van der Waals surface area contributed by atoms with Crippen molar-refractivity contribution in [3.8, 4) is 0 Å². The second-order valence-corrected chi connectivity index (χ2v) is 3.90. The minimum absolute atomic E-state index is 0. The Hall–Kier alpha value is 0.233. The summed E-state index contributed by atoms with van der Waals surface area (Å²) in [6.07, 6.45) is 10.6. The molecule has 0 heterocycles. The van der Waals surface area contributed by atoms with E-state index in [2.05, 4.69) is 38.5 Å². The molecule has 0 saturated heterocycles. The van der Waals surface area contributed by atoms with E-state index in [1.165, 1.54) is 6.42 Å². The molecular formula is C11H15Zr-. The number of hydrogen-bond acceptors (Lipinski definition) is 0. The van der Waals surface area contributed by atoms with Gasteiger partial charge in [0.05, 0.1) is 0 Å². The molecule has 0 spiro atoms. The normalized spacial score (nSPS) is 37.8. The van der Waals surface area contributed by atoms with Crippen molar-refractivity contribution in [2.24, 2.45) is 17.8 Å². The first-order valence-corrected chi connectivity index (χ1v) is 4.50. The fourth-order valence-corrected chi connectivity index (χ4v) is 2.23. The van der Waals surface area contributed by atoms with Gasteiger partial charge in [-0.2, -0.15) is 0 Å². The third-order valence-corrected chi connectivity index (χ3v) is 2.87. The minimum Gasteiger partial charge on any atom is -0.224 e. The standard InChI is InChI=1S/C11H15.Zr/c1-8-6-10-5-3-4-9(2)11(10)7-8;/h3-6,8-9,11H,7H2,1-2H3;/q-1;. The number of rotatable bonds is 0. The summed E-state index contributed by atoms with van der Waals surface area (Å²) < 4.78 is 0. The van der Waals surface area contributed by atoms with E-state index in [1.54, 1.807) is 5.57 Å². The minimum atomic E-state index is 0. The molecule has 0 nitrogen and oxygen atoms in total. The van der Waals surface area contributed by atoms with Gasteiger partial charge in [-0.15, -0.1) is 6.08 Å². The quantitative estimate of drug-likeness (QED) is 0.569. The summed E-state index contributed by atoms with van der Waals surface area (Å²) in [6.45, 7) is 4.63. The second-order valence-electron chi connectivity index (χ2n) is 3.90. The average Bonchev–Trinajstić information content (AvgIpc) is 2.31.